The molecule has 2 aromatic carbocycles. The Kier molecular flexibility index (Phi) is 5.28. The fraction of sp³-hybridized carbons (Fsp3) is 0.273. The van der Waals surface area contributed by atoms with Crippen LogP contribution in [0.25, 0.3) is 6.08 Å². The normalized spacial score (nSPS) is 15.3. The third-order valence-corrected chi connectivity index (χ3v) is 4.85. The average Bonchev–Trinajstić information content (AvgIpc) is 3.27. The Morgan fingerprint density at radius 3 is 2.57 bits per heavy atom. The lowest BCUT2D eigenvalue weighted by Gasteiger charge is -2.18. The van der Waals surface area contributed by atoms with Gasteiger partial charge in [0, 0.05) is 30.0 Å². The zero-order valence-electron chi connectivity index (χ0n) is 15.5. The van der Waals surface area contributed by atoms with Crippen molar-refractivity contribution in [3.63, 3.8) is 0 Å². The molecule has 2 aliphatic rings. The minimum atomic E-state index is -0.547. The number of ether oxygens (including phenoxy) is 2. The molecule has 1 N–H and O–H groups in total. The standard InChI is InChI=1S/C22H22N2O4/c25-21(23-18-7-9-19(10-8-18)24-11-3-4-12-24)15-28-22(26)17-13-16-5-1-2-6-20(16)27-14-17/h1-2,5-10,13H,3-4,11-12,14-15H2,(H,23,25). The van der Waals surface area contributed by atoms with Crippen LogP contribution in [-0.4, -0.2) is 38.2 Å². The van der Waals surface area contributed by atoms with Gasteiger partial charge in [-0.15, -0.1) is 0 Å². The average molecular weight is 378 g/mol. The van der Waals surface area contributed by atoms with Crippen molar-refractivity contribution >= 4 is 29.3 Å². The predicted octanol–water partition coefficient (Wildman–Crippen LogP) is 3.24. The number of benzene rings is 2. The second kappa shape index (κ2) is 8.17. The lowest BCUT2D eigenvalue weighted by atomic mass is 10.1. The maximum absolute atomic E-state index is 12.2. The van der Waals surface area contributed by atoms with E-state index >= 15 is 0 Å². The molecule has 2 aromatic rings. The van der Waals surface area contributed by atoms with E-state index in [1.165, 1.54) is 12.8 Å². The number of nitrogens with zero attached hydrogens (tertiary/aromatic N) is 1. The van der Waals surface area contributed by atoms with Gasteiger partial charge in [0.2, 0.25) is 0 Å². The molecule has 2 heterocycles. The van der Waals surface area contributed by atoms with Crippen LogP contribution < -0.4 is 15.0 Å². The monoisotopic (exact) mass is 378 g/mol. The summed E-state index contributed by atoms with van der Waals surface area (Å²) in [7, 11) is 0. The van der Waals surface area contributed by atoms with Gasteiger partial charge in [-0.1, -0.05) is 18.2 Å². The third kappa shape index (κ3) is 4.17. The largest absolute Gasteiger partial charge is 0.488 e. The summed E-state index contributed by atoms with van der Waals surface area (Å²) in [4.78, 5) is 26.6. The minimum absolute atomic E-state index is 0.134. The van der Waals surface area contributed by atoms with E-state index < -0.39 is 5.97 Å². The van der Waals surface area contributed by atoms with Crippen LogP contribution in [0.4, 0.5) is 11.4 Å². The first-order valence-corrected chi connectivity index (χ1v) is 9.43. The molecule has 28 heavy (non-hydrogen) atoms. The number of para-hydroxylation sites is 1. The van der Waals surface area contributed by atoms with Crippen LogP contribution in [0, 0.1) is 0 Å². The SMILES string of the molecule is O=C(COC(=O)C1=Cc2ccccc2OC1)Nc1ccc(N2CCCC2)cc1. The van der Waals surface area contributed by atoms with Crippen LogP contribution in [-0.2, 0) is 14.3 Å². The number of amides is 1. The lowest BCUT2D eigenvalue weighted by molar-refractivity contribution is -0.143. The van der Waals surface area contributed by atoms with Gasteiger partial charge in [0.25, 0.3) is 5.91 Å². The predicted molar refractivity (Wildman–Crippen MR) is 107 cm³/mol. The third-order valence-electron chi connectivity index (χ3n) is 4.85. The highest BCUT2D eigenvalue weighted by molar-refractivity contribution is 5.98. The Bertz CT molecular complexity index is 899. The molecule has 1 saturated heterocycles. The number of fused-ring (bicyclic) bond motifs is 1. The van der Waals surface area contributed by atoms with E-state index in [9.17, 15) is 9.59 Å². The second-order valence-corrected chi connectivity index (χ2v) is 6.86. The first-order chi connectivity index (χ1) is 13.7. The number of rotatable bonds is 5. The molecule has 4 rings (SSSR count). The molecule has 0 radical (unpaired) electrons. The van der Waals surface area contributed by atoms with Gasteiger partial charge in [-0.05, 0) is 49.2 Å². The summed E-state index contributed by atoms with van der Waals surface area (Å²) < 4.78 is 10.7. The molecule has 144 valence electrons. The number of hydrogen-bond acceptors (Lipinski definition) is 5. The highest BCUT2D eigenvalue weighted by Crippen LogP contribution is 2.26. The highest BCUT2D eigenvalue weighted by atomic mass is 16.5. The molecule has 0 unspecified atom stereocenters. The van der Waals surface area contributed by atoms with Crippen LogP contribution >= 0.6 is 0 Å². The molecular weight excluding hydrogens is 356 g/mol. The van der Waals surface area contributed by atoms with Gasteiger partial charge in [-0.2, -0.15) is 0 Å². The maximum atomic E-state index is 12.2. The van der Waals surface area contributed by atoms with Gasteiger partial charge in [0.05, 0.1) is 5.57 Å². The summed E-state index contributed by atoms with van der Waals surface area (Å²) in [6, 6.07) is 15.2. The summed E-state index contributed by atoms with van der Waals surface area (Å²) >= 11 is 0. The Morgan fingerprint density at radius 2 is 1.79 bits per heavy atom. The molecule has 0 bridgehead atoms. The van der Waals surface area contributed by atoms with E-state index in [-0.39, 0.29) is 19.1 Å². The topological polar surface area (TPSA) is 67.9 Å². The molecule has 6 heteroatoms. The first-order valence-electron chi connectivity index (χ1n) is 9.43. The van der Waals surface area contributed by atoms with Crippen LogP contribution in [0.2, 0.25) is 0 Å². The Hall–Kier alpha value is -3.28. The Labute approximate surface area is 163 Å². The molecule has 6 nitrogen and oxygen atoms in total. The highest BCUT2D eigenvalue weighted by Gasteiger charge is 2.19. The number of hydrogen-bond donors (Lipinski definition) is 1. The molecule has 0 spiro atoms. The van der Waals surface area contributed by atoms with E-state index in [2.05, 4.69) is 10.2 Å². The molecule has 0 aromatic heterocycles. The van der Waals surface area contributed by atoms with Crippen molar-refractivity contribution in [3.8, 4) is 5.75 Å². The van der Waals surface area contributed by atoms with E-state index in [1.807, 2.05) is 48.5 Å². The maximum Gasteiger partial charge on any atom is 0.338 e. The van der Waals surface area contributed by atoms with Crippen molar-refractivity contribution < 1.29 is 19.1 Å². The van der Waals surface area contributed by atoms with Crippen molar-refractivity contribution in [2.75, 3.05) is 36.5 Å². The van der Waals surface area contributed by atoms with Crippen molar-refractivity contribution in [2.24, 2.45) is 0 Å². The van der Waals surface area contributed by atoms with Gasteiger partial charge in [-0.3, -0.25) is 4.79 Å². The summed E-state index contributed by atoms with van der Waals surface area (Å²) in [6.07, 6.45) is 4.17. The molecule has 0 atom stereocenters. The minimum Gasteiger partial charge on any atom is -0.488 e. The second-order valence-electron chi connectivity index (χ2n) is 6.86. The Morgan fingerprint density at radius 1 is 1.04 bits per heavy atom. The van der Waals surface area contributed by atoms with E-state index in [0.717, 1.165) is 30.1 Å². The number of carbonyl (C=O) groups is 2. The molecule has 0 saturated carbocycles. The van der Waals surface area contributed by atoms with Crippen molar-refractivity contribution in [1.82, 2.24) is 0 Å². The van der Waals surface area contributed by atoms with Crippen molar-refractivity contribution in [3.05, 3.63) is 59.7 Å². The van der Waals surface area contributed by atoms with Gasteiger partial charge >= 0.3 is 5.97 Å². The zero-order valence-corrected chi connectivity index (χ0v) is 15.5. The van der Waals surface area contributed by atoms with E-state index in [0.29, 0.717) is 11.3 Å². The van der Waals surface area contributed by atoms with Crippen molar-refractivity contribution in [1.29, 1.82) is 0 Å². The molecule has 1 fully saturated rings. The van der Waals surface area contributed by atoms with Crippen LogP contribution in [0.15, 0.2) is 54.1 Å². The summed E-state index contributed by atoms with van der Waals surface area (Å²) in [6.45, 7) is 1.94. The number of nitrogens with one attached hydrogen (secondary N) is 1. The Balaban J connectivity index is 1.28. The smallest absolute Gasteiger partial charge is 0.338 e. The zero-order chi connectivity index (χ0) is 19.3. The van der Waals surface area contributed by atoms with Crippen LogP contribution in [0.3, 0.4) is 0 Å². The van der Waals surface area contributed by atoms with Gasteiger partial charge in [0.1, 0.15) is 12.4 Å². The fourth-order valence-corrected chi connectivity index (χ4v) is 3.39. The molecule has 1 amide bonds. The summed E-state index contributed by atoms with van der Waals surface area (Å²) in [5.74, 6) is -0.191. The fourth-order valence-electron chi connectivity index (χ4n) is 3.39. The number of esters is 1. The van der Waals surface area contributed by atoms with Crippen molar-refractivity contribution in [2.45, 2.75) is 12.8 Å². The van der Waals surface area contributed by atoms with Gasteiger partial charge in [0.15, 0.2) is 6.61 Å². The van der Waals surface area contributed by atoms with E-state index in [1.54, 1.807) is 6.08 Å². The van der Waals surface area contributed by atoms with Gasteiger partial charge < -0.3 is 19.7 Å². The lowest BCUT2D eigenvalue weighted by Crippen LogP contribution is -2.24. The molecular formula is C22H22N2O4. The number of anilines is 2. The summed E-state index contributed by atoms with van der Waals surface area (Å²) in [5.41, 5.74) is 3.05. The van der Waals surface area contributed by atoms with Crippen LogP contribution in [0.1, 0.15) is 18.4 Å². The first kappa shape index (κ1) is 18.1. The van der Waals surface area contributed by atoms with Crippen LogP contribution in [0.5, 0.6) is 5.75 Å². The molecule has 0 aliphatic carbocycles. The molecule has 2 aliphatic heterocycles. The quantitative estimate of drug-likeness (QED) is 0.809. The van der Waals surface area contributed by atoms with Gasteiger partial charge in [-0.25, -0.2) is 4.79 Å². The summed E-state index contributed by atoms with van der Waals surface area (Å²) in [5, 5.41) is 2.75. The van der Waals surface area contributed by atoms with E-state index in [4.69, 9.17) is 9.47 Å². The number of carbonyl (C=O) groups excluding carboxylic acids is 2.